The summed E-state index contributed by atoms with van der Waals surface area (Å²) in [6.07, 6.45) is 9.59. The number of carbonyl (C=O) groups is 1. The highest BCUT2D eigenvalue weighted by Crippen LogP contribution is 2.21. The van der Waals surface area contributed by atoms with Crippen molar-refractivity contribution >= 4 is 5.91 Å². The lowest BCUT2D eigenvalue weighted by Gasteiger charge is -2.37. The Balaban J connectivity index is 1.53. The molecule has 1 unspecified atom stereocenters. The van der Waals surface area contributed by atoms with Crippen LogP contribution in [0, 0.1) is 0 Å². The zero-order valence-electron chi connectivity index (χ0n) is 14.1. The molecule has 0 radical (unpaired) electrons. The minimum atomic E-state index is 0.261. The zero-order valence-corrected chi connectivity index (χ0v) is 14.1. The van der Waals surface area contributed by atoms with Crippen LogP contribution in [0.25, 0.3) is 0 Å². The molecule has 1 aromatic heterocycles. The normalized spacial score (nSPS) is 23.2. The second-order valence-corrected chi connectivity index (χ2v) is 6.61. The van der Waals surface area contributed by atoms with E-state index in [2.05, 4.69) is 14.5 Å². The number of rotatable bonds is 5. The van der Waals surface area contributed by atoms with Crippen LogP contribution in [0.4, 0.5) is 0 Å². The van der Waals surface area contributed by atoms with Gasteiger partial charge in [0.25, 0.3) is 0 Å². The number of aryl methyl sites for hydroxylation is 2. The minimum absolute atomic E-state index is 0.261. The van der Waals surface area contributed by atoms with E-state index in [0.717, 1.165) is 38.3 Å². The van der Waals surface area contributed by atoms with Crippen LogP contribution in [-0.2, 0) is 23.0 Å². The molecule has 2 aliphatic rings. The van der Waals surface area contributed by atoms with E-state index in [4.69, 9.17) is 4.74 Å². The Morgan fingerprint density at radius 1 is 1.30 bits per heavy atom. The van der Waals surface area contributed by atoms with Crippen molar-refractivity contribution in [1.29, 1.82) is 0 Å². The zero-order chi connectivity index (χ0) is 16.1. The first kappa shape index (κ1) is 16.5. The molecule has 1 atom stereocenters. The van der Waals surface area contributed by atoms with Gasteiger partial charge in [-0.2, -0.15) is 0 Å². The van der Waals surface area contributed by atoms with Crippen LogP contribution < -0.4 is 0 Å². The second kappa shape index (κ2) is 7.93. The number of likely N-dealkylation sites (tertiary alicyclic amines) is 1. The van der Waals surface area contributed by atoms with Gasteiger partial charge in [0.2, 0.25) is 5.91 Å². The lowest BCUT2D eigenvalue weighted by molar-refractivity contribution is -0.137. The van der Waals surface area contributed by atoms with Crippen molar-refractivity contribution in [3.05, 3.63) is 18.2 Å². The molecule has 1 aromatic rings. The summed E-state index contributed by atoms with van der Waals surface area (Å²) in [6.45, 7) is 4.43. The summed E-state index contributed by atoms with van der Waals surface area (Å²) in [5.74, 6) is 1.40. The van der Waals surface area contributed by atoms with E-state index < -0.39 is 0 Å². The Labute approximate surface area is 138 Å². The van der Waals surface area contributed by atoms with Gasteiger partial charge in [0.15, 0.2) is 0 Å². The van der Waals surface area contributed by atoms with E-state index in [1.807, 2.05) is 24.3 Å². The van der Waals surface area contributed by atoms with Gasteiger partial charge in [-0.3, -0.25) is 9.69 Å². The maximum atomic E-state index is 12.5. The molecule has 128 valence electrons. The monoisotopic (exact) mass is 320 g/mol. The molecule has 1 amide bonds. The second-order valence-electron chi connectivity index (χ2n) is 6.61. The van der Waals surface area contributed by atoms with Crippen LogP contribution in [0.5, 0.6) is 0 Å². The van der Waals surface area contributed by atoms with Crippen LogP contribution in [0.1, 0.15) is 31.5 Å². The van der Waals surface area contributed by atoms with Crippen LogP contribution in [0.2, 0.25) is 0 Å². The summed E-state index contributed by atoms with van der Waals surface area (Å²) in [5.41, 5.74) is 0. The molecule has 2 aliphatic heterocycles. The number of ether oxygens (including phenoxy) is 1. The van der Waals surface area contributed by atoms with Crippen molar-refractivity contribution in [2.75, 3.05) is 39.4 Å². The topological polar surface area (TPSA) is 50.6 Å². The highest BCUT2D eigenvalue weighted by atomic mass is 16.5. The van der Waals surface area contributed by atoms with E-state index >= 15 is 0 Å². The Kier molecular flexibility index (Phi) is 5.67. The largest absolute Gasteiger partial charge is 0.378 e. The molecule has 6 heteroatoms. The fourth-order valence-corrected chi connectivity index (χ4v) is 3.61. The standard InChI is InChI=1S/C17H28N4O2/c1-19-9-7-18-16(19)6-5-15-4-2-3-8-21(15)14-17(22)20-10-12-23-13-11-20/h7,9,15H,2-6,8,10-14H2,1H3. The molecule has 0 aromatic carbocycles. The molecule has 0 saturated carbocycles. The van der Waals surface area contributed by atoms with E-state index in [9.17, 15) is 4.79 Å². The molecule has 2 fully saturated rings. The van der Waals surface area contributed by atoms with Gasteiger partial charge in [0.05, 0.1) is 19.8 Å². The van der Waals surface area contributed by atoms with E-state index in [1.165, 1.54) is 19.3 Å². The summed E-state index contributed by atoms with van der Waals surface area (Å²) < 4.78 is 7.42. The van der Waals surface area contributed by atoms with E-state index in [0.29, 0.717) is 25.8 Å². The Morgan fingerprint density at radius 2 is 2.13 bits per heavy atom. The fourth-order valence-electron chi connectivity index (χ4n) is 3.61. The molecule has 3 heterocycles. The Hall–Kier alpha value is -1.40. The van der Waals surface area contributed by atoms with Gasteiger partial charge in [-0.1, -0.05) is 6.42 Å². The highest BCUT2D eigenvalue weighted by Gasteiger charge is 2.26. The third kappa shape index (κ3) is 4.32. The van der Waals surface area contributed by atoms with Gasteiger partial charge in [0, 0.05) is 45.0 Å². The van der Waals surface area contributed by atoms with E-state index in [1.54, 1.807) is 0 Å². The molecule has 23 heavy (non-hydrogen) atoms. The molecule has 2 saturated heterocycles. The number of aromatic nitrogens is 2. The summed E-state index contributed by atoms with van der Waals surface area (Å²) in [4.78, 5) is 21.3. The van der Waals surface area contributed by atoms with Crippen molar-refractivity contribution in [3.8, 4) is 0 Å². The number of imidazole rings is 1. The van der Waals surface area contributed by atoms with Gasteiger partial charge in [-0.15, -0.1) is 0 Å². The first-order chi connectivity index (χ1) is 11.2. The predicted octanol–water partition coefficient (Wildman–Crippen LogP) is 1.07. The number of hydrogen-bond donors (Lipinski definition) is 0. The lowest BCUT2D eigenvalue weighted by Crippen LogP contribution is -2.49. The smallest absolute Gasteiger partial charge is 0.236 e. The third-order valence-electron chi connectivity index (χ3n) is 5.07. The summed E-state index contributed by atoms with van der Waals surface area (Å²) in [5, 5.41) is 0. The Morgan fingerprint density at radius 3 is 2.87 bits per heavy atom. The SMILES string of the molecule is Cn1ccnc1CCC1CCCCN1CC(=O)N1CCOCC1. The van der Waals surface area contributed by atoms with Gasteiger partial charge in [-0.25, -0.2) is 4.98 Å². The molecule has 0 aliphatic carbocycles. The van der Waals surface area contributed by atoms with Gasteiger partial charge in [0.1, 0.15) is 5.82 Å². The average Bonchev–Trinajstić information content (AvgIpc) is 3.00. The van der Waals surface area contributed by atoms with Crippen molar-refractivity contribution in [2.24, 2.45) is 7.05 Å². The number of piperidine rings is 1. The molecular weight excluding hydrogens is 292 g/mol. The van der Waals surface area contributed by atoms with Gasteiger partial charge < -0.3 is 14.2 Å². The Bertz CT molecular complexity index is 510. The first-order valence-electron chi connectivity index (χ1n) is 8.80. The van der Waals surface area contributed by atoms with Crippen molar-refractivity contribution in [1.82, 2.24) is 19.4 Å². The predicted molar refractivity (Wildman–Crippen MR) is 88.1 cm³/mol. The summed E-state index contributed by atoms with van der Waals surface area (Å²) >= 11 is 0. The number of carbonyl (C=O) groups excluding carboxylic acids is 1. The van der Waals surface area contributed by atoms with Crippen LogP contribution in [0.3, 0.4) is 0 Å². The maximum absolute atomic E-state index is 12.5. The minimum Gasteiger partial charge on any atom is -0.378 e. The molecule has 0 N–H and O–H groups in total. The van der Waals surface area contributed by atoms with Crippen LogP contribution in [-0.4, -0.2) is 70.7 Å². The number of morpholine rings is 1. The van der Waals surface area contributed by atoms with Crippen LogP contribution in [0.15, 0.2) is 12.4 Å². The molecule has 0 bridgehead atoms. The molecule has 0 spiro atoms. The highest BCUT2D eigenvalue weighted by molar-refractivity contribution is 5.78. The molecule has 3 rings (SSSR count). The van der Waals surface area contributed by atoms with Crippen molar-refractivity contribution < 1.29 is 9.53 Å². The van der Waals surface area contributed by atoms with Crippen molar-refractivity contribution in [2.45, 2.75) is 38.1 Å². The third-order valence-corrected chi connectivity index (χ3v) is 5.07. The van der Waals surface area contributed by atoms with Gasteiger partial charge >= 0.3 is 0 Å². The number of nitrogens with zero attached hydrogens (tertiary/aromatic N) is 4. The van der Waals surface area contributed by atoms with Gasteiger partial charge in [-0.05, 0) is 25.8 Å². The quantitative estimate of drug-likeness (QED) is 0.814. The van der Waals surface area contributed by atoms with Crippen LogP contribution >= 0.6 is 0 Å². The fraction of sp³-hybridized carbons (Fsp3) is 0.765. The number of amides is 1. The number of hydrogen-bond acceptors (Lipinski definition) is 4. The van der Waals surface area contributed by atoms with E-state index in [-0.39, 0.29) is 5.91 Å². The molecule has 6 nitrogen and oxygen atoms in total. The summed E-state index contributed by atoms with van der Waals surface area (Å²) in [7, 11) is 2.04. The average molecular weight is 320 g/mol. The summed E-state index contributed by atoms with van der Waals surface area (Å²) in [6, 6.07) is 0.505. The van der Waals surface area contributed by atoms with Crippen molar-refractivity contribution in [3.63, 3.8) is 0 Å². The maximum Gasteiger partial charge on any atom is 0.236 e. The lowest BCUT2D eigenvalue weighted by atomic mass is 9.97. The first-order valence-corrected chi connectivity index (χ1v) is 8.80. The molecular formula is C17H28N4O2.